The van der Waals surface area contributed by atoms with Gasteiger partial charge in [0.1, 0.15) is 6.54 Å². The smallest absolute Gasteiger partial charge is 0.341 e. The molecule has 0 unspecified atom stereocenters. The zero-order valence-electron chi connectivity index (χ0n) is 14.3. The van der Waals surface area contributed by atoms with E-state index in [-0.39, 0.29) is 30.6 Å². The number of carbonyl (C=O) groups is 1. The lowest BCUT2D eigenvalue weighted by molar-refractivity contribution is -0.188. The number of likely N-dealkylation sites (tertiary alicyclic amines) is 1. The van der Waals surface area contributed by atoms with E-state index in [1.54, 1.807) is 7.05 Å². The largest absolute Gasteiger partial charge is 0.393 e. The third kappa shape index (κ3) is 3.01. The standard InChI is InChI=1S/C15H18F3N5O3/c1-20-8-19-12-11(20)13(25)23(14(26)21(12)2)7-10(24)22-5-3-4-9(6-22)15(16,17)18/h8-9H,3-7H2,1-2H3/t9-/m1/s1. The minimum atomic E-state index is -4.38. The Morgan fingerprint density at radius 2 is 2.00 bits per heavy atom. The molecule has 142 valence electrons. The molecule has 0 radical (unpaired) electrons. The van der Waals surface area contributed by atoms with E-state index in [9.17, 15) is 27.6 Å². The summed E-state index contributed by atoms with van der Waals surface area (Å²) in [6, 6.07) is 0. The van der Waals surface area contributed by atoms with E-state index < -0.39 is 42.3 Å². The van der Waals surface area contributed by atoms with E-state index in [4.69, 9.17) is 0 Å². The van der Waals surface area contributed by atoms with Crippen LogP contribution in [0.4, 0.5) is 13.2 Å². The number of carbonyl (C=O) groups excluding carboxylic acids is 1. The van der Waals surface area contributed by atoms with Crippen LogP contribution in [0.25, 0.3) is 11.2 Å². The monoisotopic (exact) mass is 373 g/mol. The lowest BCUT2D eigenvalue weighted by atomic mass is 9.97. The van der Waals surface area contributed by atoms with E-state index in [1.165, 1.54) is 17.9 Å². The predicted molar refractivity (Wildman–Crippen MR) is 85.6 cm³/mol. The fourth-order valence-electron chi connectivity index (χ4n) is 3.24. The highest BCUT2D eigenvalue weighted by molar-refractivity contribution is 5.77. The normalized spacial score (nSPS) is 18.5. The number of fused-ring (bicyclic) bond motifs is 1. The van der Waals surface area contributed by atoms with Gasteiger partial charge in [-0.1, -0.05) is 0 Å². The van der Waals surface area contributed by atoms with Crippen molar-refractivity contribution in [1.29, 1.82) is 0 Å². The number of rotatable bonds is 2. The third-order valence-electron chi connectivity index (χ3n) is 4.73. The number of aryl methyl sites for hydroxylation is 2. The Morgan fingerprint density at radius 1 is 1.31 bits per heavy atom. The van der Waals surface area contributed by atoms with Crippen LogP contribution in [0.3, 0.4) is 0 Å². The Hall–Kier alpha value is -2.59. The molecule has 0 spiro atoms. The van der Waals surface area contributed by atoms with E-state index in [0.717, 1.165) is 14.0 Å². The number of alkyl halides is 3. The fraction of sp³-hybridized carbons (Fsp3) is 0.600. The number of hydrogen-bond acceptors (Lipinski definition) is 4. The van der Waals surface area contributed by atoms with Gasteiger partial charge in [-0.15, -0.1) is 0 Å². The molecule has 0 N–H and O–H groups in total. The number of imidazole rings is 1. The Kier molecular flexibility index (Phi) is 4.41. The molecule has 11 heteroatoms. The molecule has 3 rings (SSSR count). The molecule has 1 aliphatic rings. The highest BCUT2D eigenvalue weighted by Crippen LogP contribution is 2.33. The molecule has 1 fully saturated rings. The van der Waals surface area contributed by atoms with Crippen molar-refractivity contribution in [3.05, 3.63) is 27.2 Å². The average molecular weight is 373 g/mol. The summed E-state index contributed by atoms with van der Waals surface area (Å²) >= 11 is 0. The van der Waals surface area contributed by atoms with Crippen molar-refractivity contribution in [2.75, 3.05) is 13.1 Å². The number of amides is 1. The second-order valence-corrected chi connectivity index (χ2v) is 6.48. The molecule has 1 amide bonds. The molecule has 26 heavy (non-hydrogen) atoms. The van der Waals surface area contributed by atoms with Crippen LogP contribution in [0.2, 0.25) is 0 Å². The molecule has 0 aromatic carbocycles. The first-order valence-corrected chi connectivity index (χ1v) is 8.06. The maximum Gasteiger partial charge on any atom is 0.393 e. The van der Waals surface area contributed by atoms with Gasteiger partial charge in [-0.05, 0) is 12.8 Å². The summed E-state index contributed by atoms with van der Waals surface area (Å²) in [4.78, 5) is 42.4. The summed E-state index contributed by atoms with van der Waals surface area (Å²) in [6.07, 6.45) is -2.81. The Morgan fingerprint density at radius 3 is 2.65 bits per heavy atom. The number of hydrogen-bond donors (Lipinski definition) is 0. The first-order chi connectivity index (χ1) is 12.1. The molecule has 2 aromatic rings. The summed E-state index contributed by atoms with van der Waals surface area (Å²) in [7, 11) is 2.99. The van der Waals surface area contributed by atoms with Gasteiger partial charge in [0.25, 0.3) is 5.56 Å². The minimum absolute atomic E-state index is 0.0318. The van der Waals surface area contributed by atoms with Crippen LogP contribution in [-0.2, 0) is 25.4 Å². The lowest BCUT2D eigenvalue weighted by Crippen LogP contribution is -2.48. The lowest BCUT2D eigenvalue weighted by Gasteiger charge is -2.33. The molecule has 1 aliphatic heterocycles. The SMILES string of the molecule is Cn1cnc2c1c(=O)n(CC(=O)N1CCC[C@@H](C(F)(F)F)C1)c(=O)n2C. The van der Waals surface area contributed by atoms with Crippen LogP contribution in [0.15, 0.2) is 15.9 Å². The van der Waals surface area contributed by atoms with Gasteiger partial charge in [0, 0.05) is 27.2 Å². The Bertz CT molecular complexity index is 972. The fourth-order valence-corrected chi connectivity index (χ4v) is 3.24. The van der Waals surface area contributed by atoms with Crippen molar-refractivity contribution in [3.63, 3.8) is 0 Å². The van der Waals surface area contributed by atoms with Gasteiger partial charge >= 0.3 is 11.9 Å². The van der Waals surface area contributed by atoms with Crippen LogP contribution in [0.5, 0.6) is 0 Å². The minimum Gasteiger partial charge on any atom is -0.341 e. The molecule has 0 saturated carbocycles. The molecule has 1 atom stereocenters. The van der Waals surface area contributed by atoms with Crippen LogP contribution in [-0.4, -0.2) is 48.8 Å². The van der Waals surface area contributed by atoms with Gasteiger partial charge in [0.15, 0.2) is 11.2 Å². The summed E-state index contributed by atoms with van der Waals surface area (Å²) in [5.41, 5.74) is -1.10. The highest BCUT2D eigenvalue weighted by atomic mass is 19.4. The summed E-state index contributed by atoms with van der Waals surface area (Å²) in [6.45, 7) is -0.878. The molecular weight excluding hydrogens is 355 g/mol. The Balaban J connectivity index is 1.92. The van der Waals surface area contributed by atoms with Crippen molar-refractivity contribution >= 4 is 17.1 Å². The van der Waals surface area contributed by atoms with Crippen molar-refractivity contribution in [2.24, 2.45) is 20.0 Å². The van der Waals surface area contributed by atoms with E-state index in [0.29, 0.717) is 0 Å². The first kappa shape index (κ1) is 18.2. The van der Waals surface area contributed by atoms with Gasteiger partial charge in [0.05, 0.1) is 12.2 Å². The molecule has 2 aromatic heterocycles. The zero-order chi connectivity index (χ0) is 19.2. The number of aromatic nitrogens is 4. The number of piperidine rings is 1. The van der Waals surface area contributed by atoms with Gasteiger partial charge in [-0.3, -0.25) is 14.2 Å². The quantitative estimate of drug-likeness (QED) is 0.755. The Labute approximate surface area is 145 Å². The maximum absolute atomic E-state index is 12.9. The van der Waals surface area contributed by atoms with E-state index in [1.807, 2.05) is 0 Å². The van der Waals surface area contributed by atoms with E-state index in [2.05, 4.69) is 4.98 Å². The number of halogens is 3. The maximum atomic E-state index is 12.9. The first-order valence-electron chi connectivity index (χ1n) is 8.06. The van der Waals surface area contributed by atoms with Crippen molar-refractivity contribution in [3.8, 4) is 0 Å². The zero-order valence-corrected chi connectivity index (χ0v) is 14.3. The predicted octanol–water partition coefficient (Wildman–Crippen LogP) is 0.235. The molecular formula is C15H18F3N5O3. The second-order valence-electron chi connectivity index (χ2n) is 6.48. The van der Waals surface area contributed by atoms with E-state index >= 15 is 0 Å². The van der Waals surface area contributed by atoms with Crippen molar-refractivity contribution in [2.45, 2.75) is 25.6 Å². The summed E-state index contributed by atoms with van der Waals surface area (Å²) < 4.78 is 42.0. The van der Waals surface area contributed by atoms with Gasteiger partial charge in [-0.25, -0.2) is 14.3 Å². The topological polar surface area (TPSA) is 82.1 Å². The van der Waals surface area contributed by atoms with Crippen molar-refractivity contribution < 1.29 is 18.0 Å². The molecule has 3 heterocycles. The van der Waals surface area contributed by atoms with Crippen LogP contribution >= 0.6 is 0 Å². The number of nitrogens with zero attached hydrogens (tertiary/aromatic N) is 5. The van der Waals surface area contributed by atoms with Gasteiger partial charge < -0.3 is 9.47 Å². The van der Waals surface area contributed by atoms with Crippen molar-refractivity contribution in [1.82, 2.24) is 23.6 Å². The van der Waals surface area contributed by atoms with Gasteiger partial charge in [0.2, 0.25) is 5.91 Å². The molecule has 0 bridgehead atoms. The van der Waals surface area contributed by atoms with Crippen LogP contribution in [0, 0.1) is 5.92 Å². The molecule has 0 aliphatic carbocycles. The second kappa shape index (κ2) is 6.29. The summed E-state index contributed by atoms with van der Waals surface area (Å²) in [5.74, 6) is -2.26. The highest BCUT2D eigenvalue weighted by Gasteiger charge is 2.42. The average Bonchev–Trinajstić information content (AvgIpc) is 2.98. The van der Waals surface area contributed by atoms with Crippen LogP contribution in [0.1, 0.15) is 12.8 Å². The van der Waals surface area contributed by atoms with Crippen LogP contribution < -0.4 is 11.2 Å². The van der Waals surface area contributed by atoms with Gasteiger partial charge in [-0.2, -0.15) is 13.2 Å². The third-order valence-corrected chi connectivity index (χ3v) is 4.73. The summed E-state index contributed by atoms with van der Waals surface area (Å²) in [5, 5.41) is 0. The molecule has 8 nitrogen and oxygen atoms in total. The molecule has 1 saturated heterocycles.